The normalized spacial score (nSPS) is 16.1. The van der Waals surface area contributed by atoms with Crippen LogP contribution in [0.25, 0.3) is 0 Å². The molecule has 2 rings (SSSR count). The Morgan fingerprint density at radius 3 is 3.00 bits per heavy atom. The van der Waals surface area contributed by atoms with Gasteiger partial charge in [-0.25, -0.2) is 4.58 Å². The maximum Gasteiger partial charge on any atom is 0.185 e. The van der Waals surface area contributed by atoms with Gasteiger partial charge in [-0.1, -0.05) is 0 Å². The highest BCUT2D eigenvalue weighted by Gasteiger charge is 2.20. The Kier molecular flexibility index (Phi) is 2.78. The molecule has 0 saturated carbocycles. The minimum absolute atomic E-state index is 0.792. The SMILES string of the molecule is C[N+]1=C(c2cncc(OP)c2)CCC1. The number of nitrogens with zero attached hydrogens (tertiary/aromatic N) is 2. The Balaban J connectivity index is 2.36. The summed E-state index contributed by atoms with van der Waals surface area (Å²) < 4.78 is 7.35. The first-order valence-electron chi connectivity index (χ1n) is 4.70. The highest BCUT2D eigenvalue weighted by atomic mass is 31.0. The summed E-state index contributed by atoms with van der Waals surface area (Å²) in [6, 6.07) is 2.02. The largest absolute Gasteiger partial charge is 0.479 e. The molecule has 1 aliphatic rings. The van der Waals surface area contributed by atoms with E-state index in [0.29, 0.717) is 0 Å². The van der Waals surface area contributed by atoms with E-state index >= 15 is 0 Å². The number of aromatic nitrogens is 1. The Hall–Kier alpha value is -0.950. The van der Waals surface area contributed by atoms with Crippen LogP contribution in [0.1, 0.15) is 18.4 Å². The van der Waals surface area contributed by atoms with E-state index in [4.69, 9.17) is 4.52 Å². The monoisotopic (exact) mass is 209 g/mol. The first-order valence-corrected chi connectivity index (χ1v) is 5.17. The van der Waals surface area contributed by atoms with Gasteiger partial charge in [0.15, 0.2) is 5.71 Å². The van der Waals surface area contributed by atoms with E-state index in [-0.39, 0.29) is 0 Å². The fourth-order valence-electron chi connectivity index (χ4n) is 1.82. The zero-order chi connectivity index (χ0) is 9.97. The second-order valence-electron chi connectivity index (χ2n) is 3.50. The van der Waals surface area contributed by atoms with Gasteiger partial charge in [-0.3, -0.25) is 4.98 Å². The Morgan fingerprint density at radius 2 is 2.36 bits per heavy atom. The molecule has 0 radical (unpaired) electrons. The standard InChI is InChI=1S/C10H14N2OP/c1-12-4-2-3-10(12)8-5-9(13-14)7-11-6-8/h5-7H,2-4,14H2,1H3/q+1. The van der Waals surface area contributed by atoms with Gasteiger partial charge in [0.1, 0.15) is 19.3 Å². The van der Waals surface area contributed by atoms with E-state index in [1.54, 1.807) is 6.20 Å². The maximum absolute atomic E-state index is 5.07. The van der Waals surface area contributed by atoms with Crippen LogP contribution in [0.15, 0.2) is 18.5 Å². The van der Waals surface area contributed by atoms with E-state index in [1.165, 1.54) is 17.7 Å². The molecule has 1 unspecified atom stereocenters. The fourth-order valence-corrected chi connectivity index (χ4v) is 1.94. The third kappa shape index (κ3) is 1.78. The summed E-state index contributed by atoms with van der Waals surface area (Å²) in [5, 5.41) is 0. The van der Waals surface area contributed by atoms with E-state index < -0.39 is 0 Å². The molecule has 4 heteroatoms. The van der Waals surface area contributed by atoms with Crippen molar-refractivity contribution >= 4 is 15.2 Å². The first-order chi connectivity index (χ1) is 6.81. The van der Waals surface area contributed by atoms with Gasteiger partial charge in [0.05, 0.1) is 21.2 Å². The van der Waals surface area contributed by atoms with Gasteiger partial charge in [0, 0.05) is 19.0 Å². The molecule has 74 valence electrons. The van der Waals surface area contributed by atoms with E-state index in [0.717, 1.165) is 18.7 Å². The van der Waals surface area contributed by atoms with E-state index in [1.807, 2.05) is 12.3 Å². The minimum atomic E-state index is 0.792. The molecule has 1 aromatic rings. The molecule has 0 N–H and O–H groups in total. The van der Waals surface area contributed by atoms with Crippen LogP contribution in [0.2, 0.25) is 0 Å². The van der Waals surface area contributed by atoms with Gasteiger partial charge >= 0.3 is 0 Å². The van der Waals surface area contributed by atoms with E-state index in [2.05, 4.69) is 26.1 Å². The quantitative estimate of drug-likeness (QED) is 0.544. The van der Waals surface area contributed by atoms with Crippen molar-refractivity contribution in [1.29, 1.82) is 0 Å². The molecule has 3 nitrogen and oxygen atoms in total. The lowest BCUT2D eigenvalue weighted by Gasteiger charge is -2.01. The molecule has 0 amide bonds. The van der Waals surface area contributed by atoms with Crippen LogP contribution in [0.4, 0.5) is 0 Å². The zero-order valence-electron chi connectivity index (χ0n) is 8.23. The van der Waals surface area contributed by atoms with Crippen molar-refractivity contribution in [3.8, 4) is 5.75 Å². The average Bonchev–Trinajstić information content (AvgIpc) is 2.65. The van der Waals surface area contributed by atoms with Crippen molar-refractivity contribution in [3.05, 3.63) is 24.0 Å². The molecule has 2 heterocycles. The van der Waals surface area contributed by atoms with Crippen molar-refractivity contribution in [2.24, 2.45) is 0 Å². The van der Waals surface area contributed by atoms with Gasteiger partial charge in [-0.05, 0) is 6.07 Å². The highest BCUT2D eigenvalue weighted by molar-refractivity contribution is 7.10. The summed E-state index contributed by atoms with van der Waals surface area (Å²) in [5.74, 6) is 0.792. The summed E-state index contributed by atoms with van der Waals surface area (Å²) >= 11 is 0. The number of hydrogen-bond acceptors (Lipinski definition) is 2. The summed E-state index contributed by atoms with van der Waals surface area (Å²) in [5.41, 5.74) is 2.53. The molecule has 0 spiro atoms. The molecule has 0 aliphatic carbocycles. The van der Waals surface area contributed by atoms with Crippen LogP contribution < -0.4 is 4.52 Å². The van der Waals surface area contributed by atoms with Crippen LogP contribution in [-0.4, -0.2) is 28.9 Å². The second-order valence-corrected chi connectivity index (χ2v) is 3.73. The van der Waals surface area contributed by atoms with Crippen LogP contribution in [-0.2, 0) is 0 Å². The van der Waals surface area contributed by atoms with Crippen LogP contribution in [0.5, 0.6) is 5.75 Å². The summed E-state index contributed by atoms with van der Waals surface area (Å²) in [6.45, 7) is 1.14. The van der Waals surface area contributed by atoms with Crippen molar-refractivity contribution in [2.75, 3.05) is 13.6 Å². The van der Waals surface area contributed by atoms with Gasteiger partial charge in [-0.2, -0.15) is 0 Å². The van der Waals surface area contributed by atoms with Crippen molar-refractivity contribution in [1.82, 2.24) is 4.98 Å². The molecule has 0 bridgehead atoms. The van der Waals surface area contributed by atoms with Crippen molar-refractivity contribution in [2.45, 2.75) is 12.8 Å². The highest BCUT2D eigenvalue weighted by Crippen LogP contribution is 2.17. The topological polar surface area (TPSA) is 25.1 Å². The maximum atomic E-state index is 5.07. The van der Waals surface area contributed by atoms with Crippen LogP contribution in [0, 0.1) is 0 Å². The van der Waals surface area contributed by atoms with Gasteiger partial charge in [0.25, 0.3) is 0 Å². The summed E-state index contributed by atoms with van der Waals surface area (Å²) in [7, 11) is 4.36. The van der Waals surface area contributed by atoms with Crippen LogP contribution in [0.3, 0.4) is 0 Å². The zero-order valence-corrected chi connectivity index (χ0v) is 9.39. The predicted molar refractivity (Wildman–Crippen MR) is 59.0 cm³/mol. The molecule has 0 fully saturated rings. The Labute approximate surface area is 86.1 Å². The summed E-state index contributed by atoms with van der Waals surface area (Å²) in [6.07, 6.45) is 5.98. The molecular weight excluding hydrogens is 195 g/mol. The van der Waals surface area contributed by atoms with Gasteiger partial charge in [-0.15, -0.1) is 0 Å². The molecule has 1 aliphatic heterocycles. The van der Waals surface area contributed by atoms with Crippen LogP contribution >= 0.6 is 9.47 Å². The lowest BCUT2D eigenvalue weighted by molar-refractivity contribution is -0.488. The molecule has 0 aromatic carbocycles. The summed E-state index contributed by atoms with van der Waals surface area (Å²) in [4.78, 5) is 4.15. The average molecular weight is 209 g/mol. The van der Waals surface area contributed by atoms with Crippen molar-refractivity contribution in [3.63, 3.8) is 0 Å². The second kappa shape index (κ2) is 4.05. The molecular formula is C10H14N2OP+. The van der Waals surface area contributed by atoms with Crippen molar-refractivity contribution < 1.29 is 9.10 Å². The third-order valence-corrected chi connectivity index (χ3v) is 2.82. The Bertz CT molecular complexity index is 376. The minimum Gasteiger partial charge on any atom is -0.479 e. The predicted octanol–water partition coefficient (Wildman–Crippen LogP) is 1.48. The van der Waals surface area contributed by atoms with E-state index in [9.17, 15) is 0 Å². The number of rotatable bonds is 2. The molecule has 1 atom stereocenters. The molecule has 1 aromatic heterocycles. The fraction of sp³-hybridized carbons (Fsp3) is 0.400. The molecule has 14 heavy (non-hydrogen) atoms. The van der Waals surface area contributed by atoms with Gasteiger partial charge < -0.3 is 4.52 Å². The lowest BCUT2D eigenvalue weighted by Crippen LogP contribution is -2.11. The smallest absolute Gasteiger partial charge is 0.185 e. The number of hydrogen-bond donors (Lipinski definition) is 0. The van der Waals surface area contributed by atoms with Gasteiger partial charge in [0.2, 0.25) is 0 Å². The lowest BCUT2D eigenvalue weighted by atomic mass is 10.1. The molecule has 0 saturated heterocycles. The third-order valence-electron chi connectivity index (χ3n) is 2.55. The Morgan fingerprint density at radius 1 is 1.50 bits per heavy atom. The first kappa shape index (κ1) is 9.60. The number of pyridine rings is 1.